The number of fused-ring (bicyclic) bond motifs is 3. The summed E-state index contributed by atoms with van der Waals surface area (Å²) in [5, 5.41) is 1.29. The zero-order chi connectivity index (χ0) is 16.5. The number of aromatic nitrogens is 1. The molecule has 4 rings (SSSR count). The first kappa shape index (κ1) is 15.3. The Balaban J connectivity index is 1.56. The third-order valence-corrected chi connectivity index (χ3v) is 5.22. The zero-order valence-corrected chi connectivity index (χ0v) is 14.4. The van der Waals surface area contributed by atoms with Gasteiger partial charge in [-0.05, 0) is 49.7 Å². The van der Waals surface area contributed by atoms with Crippen LogP contribution in [-0.2, 0) is 19.5 Å². The molecule has 1 aliphatic heterocycles. The first-order chi connectivity index (χ1) is 11.7. The highest BCUT2D eigenvalue weighted by molar-refractivity contribution is 5.83. The molecule has 1 unspecified atom stereocenters. The van der Waals surface area contributed by atoms with E-state index in [0.29, 0.717) is 6.04 Å². The van der Waals surface area contributed by atoms with Crippen LogP contribution in [-0.4, -0.2) is 29.7 Å². The van der Waals surface area contributed by atoms with Crippen LogP contribution in [0.5, 0.6) is 5.75 Å². The second-order valence-corrected chi connectivity index (χ2v) is 6.76. The number of likely N-dealkylation sites (N-methyl/N-ethyl adjacent to an activating group) is 1. The molecule has 24 heavy (non-hydrogen) atoms. The van der Waals surface area contributed by atoms with Gasteiger partial charge < -0.3 is 9.30 Å². The van der Waals surface area contributed by atoms with E-state index in [9.17, 15) is 0 Å². The molecule has 0 bridgehead atoms. The topological polar surface area (TPSA) is 17.4 Å². The van der Waals surface area contributed by atoms with E-state index < -0.39 is 0 Å². The van der Waals surface area contributed by atoms with Crippen LogP contribution in [0, 0.1) is 0 Å². The van der Waals surface area contributed by atoms with Gasteiger partial charge in [-0.3, -0.25) is 4.90 Å². The molecule has 0 aliphatic carbocycles. The minimum Gasteiger partial charge on any atom is -0.497 e. The number of aryl methyl sites for hydroxylation is 1. The van der Waals surface area contributed by atoms with Crippen molar-refractivity contribution in [3.63, 3.8) is 0 Å². The Morgan fingerprint density at radius 3 is 2.75 bits per heavy atom. The normalized spacial score (nSPS) is 17.2. The number of rotatable bonds is 4. The maximum absolute atomic E-state index is 5.36. The third-order valence-electron chi connectivity index (χ3n) is 5.22. The second-order valence-electron chi connectivity index (χ2n) is 6.76. The average Bonchev–Trinajstić information content (AvgIpc) is 2.99. The molecule has 1 aromatic heterocycles. The van der Waals surface area contributed by atoms with Gasteiger partial charge in [0, 0.05) is 35.7 Å². The minimum atomic E-state index is 0.579. The Morgan fingerprint density at radius 2 is 1.96 bits per heavy atom. The Bertz CT molecular complexity index is 838. The molecule has 0 radical (unpaired) electrons. The second kappa shape index (κ2) is 6.33. The van der Waals surface area contributed by atoms with Crippen LogP contribution in [0.4, 0.5) is 0 Å². The summed E-state index contributed by atoms with van der Waals surface area (Å²) in [6.07, 6.45) is 2.36. The molecular formula is C21H24N2O. The fraction of sp³-hybridized carbons (Fsp3) is 0.333. The van der Waals surface area contributed by atoms with Crippen molar-refractivity contribution in [1.29, 1.82) is 0 Å². The first-order valence-electron chi connectivity index (χ1n) is 8.65. The van der Waals surface area contributed by atoms with Gasteiger partial charge in [0.15, 0.2) is 0 Å². The molecule has 3 aromatic rings. The van der Waals surface area contributed by atoms with Gasteiger partial charge in [0.1, 0.15) is 5.75 Å². The van der Waals surface area contributed by atoms with Gasteiger partial charge in [-0.1, -0.05) is 30.3 Å². The van der Waals surface area contributed by atoms with Crippen molar-refractivity contribution in [3.8, 4) is 5.75 Å². The standard InChI is InChI=1S/C21H24N2O/c1-22(14-16-6-4-3-5-7-16)19-9-8-18-12-17-13-20(24-2)10-11-21(17)23(18)15-19/h3-7,10-13,19H,8-9,14-15H2,1-2H3. The van der Waals surface area contributed by atoms with Crippen LogP contribution in [0.15, 0.2) is 54.6 Å². The lowest BCUT2D eigenvalue weighted by Crippen LogP contribution is -2.38. The summed E-state index contributed by atoms with van der Waals surface area (Å²) in [4.78, 5) is 2.49. The van der Waals surface area contributed by atoms with Gasteiger partial charge in [-0.15, -0.1) is 0 Å². The van der Waals surface area contributed by atoms with Crippen LogP contribution in [0.1, 0.15) is 17.7 Å². The van der Waals surface area contributed by atoms with Crippen LogP contribution < -0.4 is 4.74 Å². The fourth-order valence-corrected chi connectivity index (χ4v) is 3.83. The van der Waals surface area contributed by atoms with Gasteiger partial charge in [0.25, 0.3) is 0 Å². The van der Waals surface area contributed by atoms with Crippen molar-refractivity contribution in [2.75, 3.05) is 14.2 Å². The lowest BCUT2D eigenvalue weighted by atomic mass is 10.0. The summed E-state index contributed by atoms with van der Waals surface area (Å²) in [5.74, 6) is 0.934. The summed E-state index contributed by atoms with van der Waals surface area (Å²) in [7, 11) is 3.98. The zero-order valence-electron chi connectivity index (χ0n) is 14.4. The number of hydrogen-bond donors (Lipinski definition) is 0. The Kier molecular flexibility index (Phi) is 4.03. The Morgan fingerprint density at radius 1 is 1.12 bits per heavy atom. The molecule has 2 aromatic carbocycles. The lowest BCUT2D eigenvalue weighted by molar-refractivity contribution is 0.188. The molecule has 0 fully saturated rings. The van der Waals surface area contributed by atoms with Gasteiger partial charge in [0.2, 0.25) is 0 Å². The van der Waals surface area contributed by atoms with E-state index in [1.807, 2.05) is 0 Å². The molecule has 0 saturated carbocycles. The number of nitrogens with zero attached hydrogens (tertiary/aromatic N) is 2. The van der Waals surface area contributed by atoms with E-state index in [4.69, 9.17) is 4.74 Å². The van der Waals surface area contributed by atoms with Crippen molar-refractivity contribution in [3.05, 3.63) is 65.9 Å². The maximum atomic E-state index is 5.36. The van der Waals surface area contributed by atoms with Crippen molar-refractivity contribution in [2.45, 2.75) is 32.0 Å². The minimum absolute atomic E-state index is 0.579. The predicted octanol–water partition coefficient (Wildman–Crippen LogP) is 4.10. The van der Waals surface area contributed by atoms with Gasteiger partial charge in [0.05, 0.1) is 7.11 Å². The molecule has 3 heteroatoms. The van der Waals surface area contributed by atoms with Crippen molar-refractivity contribution in [2.24, 2.45) is 0 Å². The van der Waals surface area contributed by atoms with Gasteiger partial charge in [-0.2, -0.15) is 0 Å². The van der Waals surface area contributed by atoms with E-state index in [2.05, 4.69) is 71.1 Å². The maximum Gasteiger partial charge on any atom is 0.119 e. The number of methoxy groups -OCH3 is 1. The van der Waals surface area contributed by atoms with Crippen molar-refractivity contribution < 1.29 is 4.74 Å². The molecule has 0 saturated heterocycles. The molecular weight excluding hydrogens is 296 g/mol. The van der Waals surface area contributed by atoms with Crippen LogP contribution >= 0.6 is 0 Å². The quantitative estimate of drug-likeness (QED) is 0.720. The van der Waals surface area contributed by atoms with E-state index in [1.54, 1.807) is 7.11 Å². The Labute approximate surface area is 143 Å². The van der Waals surface area contributed by atoms with Crippen molar-refractivity contribution >= 4 is 10.9 Å². The lowest BCUT2D eigenvalue weighted by Gasteiger charge is -2.33. The van der Waals surface area contributed by atoms with Crippen LogP contribution in [0.3, 0.4) is 0 Å². The number of benzene rings is 2. The molecule has 0 spiro atoms. The summed E-state index contributed by atoms with van der Waals surface area (Å²) in [5.41, 5.74) is 4.15. The highest BCUT2D eigenvalue weighted by atomic mass is 16.5. The van der Waals surface area contributed by atoms with Gasteiger partial charge >= 0.3 is 0 Å². The number of ether oxygens (including phenoxy) is 1. The molecule has 124 valence electrons. The Hall–Kier alpha value is -2.26. The van der Waals surface area contributed by atoms with Crippen molar-refractivity contribution in [1.82, 2.24) is 9.47 Å². The molecule has 0 amide bonds. The largest absolute Gasteiger partial charge is 0.497 e. The molecule has 2 heterocycles. The summed E-state index contributed by atoms with van der Waals surface area (Å²) < 4.78 is 7.85. The molecule has 1 atom stereocenters. The smallest absolute Gasteiger partial charge is 0.119 e. The monoisotopic (exact) mass is 320 g/mol. The average molecular weight is 320 g/mol. The van der Waals surface area contributed by atoms with Crippen LogP contribution in [0.25, 0.3) is 10.9 Å². The molecule has 3 nitrogen and oxygen atoms in total. The molecule has 0 N–H and O–H groups in total. The number of hydrogen-bond acceptors (Lipinski definition) is 2. The highest BCUT2D eigenvalue weighted by Gasteiger charge is 2.23. The summed E-state index contributed by atoms with van der Waals surface area (Å²) in [6, 6.07) is 20.0. The van der Waals surface area contributed by atoms with Crippen LogP contribution in [0.2, 0.25) is 0 Å². The highest BCUT2D eigenvalue weighted by Crippen LogP contribution is 2.29. The SMILES string of the molecule is COc1ccc2c(c1)cc1n2CC(N(C)Cc2ccccc2)CC1. The first-order valence-corrected chi connectivity index (χ1v) is 8.65. The third kappa shape index (κ3) is 2.80. The van der Waals surface area contributed by atoms with Gasteiger partial charge in [-0.25, -0.2) is 0 Å². The molecule has 1 aliphatic rings. The summed E-state index contributed by atoms with van der Waals surface area (Å²) in [6.45, 7) is 2.07. The van der Waals surface area contributed by atoms with E-state index >= 15 is 0 Å². The van der Waals surface area contributed by atoms with E-state index in [0.717, 1.165) is 25.3 Å². The van der Waals surface area contributed by atoms with E-state index in [-0.39, 0.29) is 0 Å². The van der Waals surface area contributed by atoms with E-state index in [1.165, 1.54) is 28.6 Å². The summed E-state index contributed by atoms with van der Waals surface area (Å²) >= 11 is 0. The fourth-order valence-electron chi connectivity index (χ4n) is 3.83. The predicted molar refractivity (Wildman–Crippen MR) is 98.5 cm³/mol.